The molecule has 0 saturated carbocycles. The van der Waals surface area contributed by atoms with Gasteiger partial charge >= 0.3 is 0 Å². The second-order valence-corrected chi connectivity index (χ2v) is 2.68. The Labute approximate surface area is 83.2 Å². The van der Waals surface area contributed by atoms with Crippen LogP contribution in [0.3, 0.4) is 0 Å². The number of hydrogen-bond donors (Lipinski definition) is 2. The third kappa shape index (κ3) is 3.68. The maximum atomic E-state index is 8.61. The highest BCUT2D eigenvalue weighted by atomic mass is 16.5. The van der Waals surface area contributed by atoms with E-state index in [0.717, 1.165) is 5.69 Å². The van der Waals surface area contributed by atoms with Gasteiger partial charge in [0.25, 0.3) is 0 Å². The summed E-state index contributed by atoms with van der Waals surface area (Å²) in [6.07, 6.45) is 1.48. The zero-order valence-corrected chi connectivity index (χ0v) is 8.23. The first-order chi connectivity index (χ1) is 6.86. The largest absolute Gasteiger partial charge is 0.395 e. The van der Waals surface area contributed by atoms with Crippen molar-refractivity contribution in [3.05, 3.63) is 18.1 Å². The molecule has 1 aromatic heterocycles. The first-order valence-electron chi connectivity index (χ1n) is 4.60. The molecule has 0 aliphatic heterocycles. The van der Waals surface area contributed by atoms with Crippen LogP contribution in [0.4, 0.5) is 5.82 Å². The van der Waals surface area contributed by atoms with Crippen LogP contribution in [0.1, 0.15) is 12.6 Å². The second kappa shape index (κ2) is 6.28. The van der Waals surface area contributed by atoms with Crippen LogP contribution in [-0.4, -0.2) is 34.8 Å². The van der Waals surface area contributed by atoms with Gasteiger partial charge in [-0.05, 0) is 6.92 Å². The topological polar surface area (TPSA) is 67.3 Å². The Bertz CT molecular complexity index is 245. The summed E-state index contributed by atoms with van der Waals surface area (Å²) in [4.78, 5) is 8.04. The van der Waals surface area contributed by atoms with E-state index in [0.29, 0.717) is 25.6 Å². The van der Waals surface area contributed by atoms with Crippen molar-refractivity contribution in [1.82, 2.24) is 9.97 Å². The van der Waals surface area contributed by atoms with E-state index in [9.17, 15) is 0 Å². The molecule has 0 saturated heterocycles. The van der Waals surface area contributed by atoms with Gasteiger partial charge in [-0.25, -0.2) is 9.97 Å². The minimum Gasteiger partial charge on any atom is -0.395 e. The molecule has 0 radical (unpaired) electrons. The van der Waals surface area contributed by atoms with E-state index >= 15 is 0 Å². The molecular formula is C9H15N3O2. The Morgan fingerprint density at radius 3 is 3.07 bits per heavy atom. The summed E-state index contributed by atoms with van der Waals surface area (Å²) in [5.74, 6) is 0.712. The van der Waals surface area contributed by atoms with Crippen molar-refractivity contribution in [2.24, 2.45) is 0 Å². The Kier molecular flexibility index (Phi) is 4.88. The third-order valence-corrected chi connectivity index (χ3v) is 1.60. The summed E-state index contributed by atoms with van der Waals surface area (Å²) in [5.41, 5.74) is 0.835. The fourth-order valence-corrected chi connectivity index (χ4v) is 0.964. The summed E-state index contributed by atoms with van der Waals surface area (Å²) in [6, 6.07) is 1.81. The molecule has 0 unspecified atom stereocenters. The van der Waals surface area contributed by atoms with Crippen LogP contribution in [0, 0.1) is 0 Å². The lowest BCUT2D eigenvalue weighted by molar-refractivity contribution is 0.131. The molecule has 78 valence electrons. The van der Waals surface area contributed by atoms with Gasteiger partial charge in [-0.15, -0.1) is 0 Å². The SMILES string of the molecule is CCOCc1cc(NCCO)ncn1. The Morgan fingerprint density at radius 1 is 1.50 bits per heavy atom. The van der Waals surface area contributed by atoms with Crippen molar-refractivity contribution in [2.45, 2.75) is 13.5 Å². The van der Waals surface area contributed by atoms with Gasteiger partial charge in [-0.2, -0.15) is 0 Å². The average molecular weight is 197 g/mol. The quantitative estimate of drug-likeness (QED) is 0.691. The van der Waals surface area contributed by atoms with E-state index < -0.39 is 0 Å². The third-order valence-electron chi connectivity index (χ3n) is 1.60. The molecule has 1 aromatic rings. The van der Waals surface area contributed by atoms with Gasteiger partial charge in [-0.1, -0.05) is 0 Å². The summed E-state index contributed by atoms with van der Waals surface area (Å²) in [6.45, 7) is 3.68. The van der Waals surface area contributed by atoms with E-state index in [1.165, 1.54) is 6.33 Å². The molecule has 0 aromatic carbocycles. The minimum atomic E-state index is 0.0881. The number of ether oxygens (including phenoxy) is 1. The van der Waals surface area contributed by atoms with E-state index in [4.69, 9.17) is 9.84 Å². The lowest BCUT2D eigenvalue weighted by Gasteiger charge is -2.05. The number of nitrogens with zero attached hydrogens (tertiary/aromatic N) is 2. The van der Waals surface area contributed by atoms with Gasteiger partial charge in [0.2, 0.25) is 0 Å². The van der Waals surface area contributed by atoms with E-state index in [1.54, 1.807) is 0 Å². The molecule has 5 nitrogen and oxygen atoms in total. The van der Waals surface area contributed by atoms with Crippen molar-refractivity contribution in [3.63, 3.8) is 0 Å². The van der Waals surface area contributed by atoms with Gasteiger partial charge in [0, 0.05) is 19.2 Å². The zero-order valence-electron chi connectivity index (χ0n) is 8.23. The van der Waals surface area contributed by atoms with Crippen LogP contribution in [-0.2, 0) is 11.3 Å². The number of nitrogens with one attached hydrogen (secondary N) is 1. The first kappa shape index (κ1) is 10.9. The molecule has 5 heteroatoms. The standard InChI is InChI=1S/C9H15N3O2/c1-2-14-6-8-5-9(10-3-4-13)12-7-11-8/h5,7,13H,2-4,6H2,1H3,(H,10,11,12). The highest BCUT2D eigenvalue weighted by Crippen LogP contribution is 2.04. The summed E-state index contributed by atoms with van der Waals surface area (Å²) in [5, 5.41) is 11.6. The molecule has 0 aliphatic rings. The van der Waals surface area contributed by atoms with Crippen LogP contribution in [0.2, 0.25) is 0 Å². The molecule has 0 atom stereocenters. The molecule has 2 N–H and O–H groups in total. The van der Waals surface area contributed by atoms with Crippen LogP contribution in [0.15, 0.2) is 12.4 Å². The number of aliphatic hydroxyl groups is 1. The maximum absolute atomic E-state index is 8.61. The molecule has 1 heterocycles. The highest BCUT2D eigenvalue weighted by Gasteiger charge is 1.97. The predicted octanol–water partition coefficient (Wildman–Crippen LogP) is 0.417. The molecule has 0 aliphatic carbocycles. The fraction of sp³-hybridized carbons (Fsp3) is 0.556. The van der Waals surface area contributed by atoms with Crippen LogP contribution in [0.25, 0.3) is 0 Å². The van der Waals surface area contributed by atoms with Crippen LogP contribution >= 0.6 is 0 Å². The minimum absolute atomic E-state index is 0.0881. The van der Waals surface area contributed by atoms with Crippen molar-refractivity contribution >= 4 is 5.82 Å². The fourth-order valence-electron chi connectivity index (χ4n) is 0.964. The Morgan fingerprint density at radius 2 is 2.36 bits per heavy atom. The smallest absolute Gasteiger partial charge is 0.129 e. The number of hydrogen-bond acceptors (Lipinski definition) is 5. The summed E-state index contributed by atoms with van der Waals surface area (Å²) < 4.78 is 5.21. The van der Waals surface area contributed by atoms with E-state index in [1.807, 2.05) is 13.0 Å². The molecule has 0 bridgehead atoms. The Balaban J connectivity index is 2.50. The van der Waals surface area contributed by atoms with Crippen LogP contribution < -0.4 is 5.32 Å². The summed E-state index contributed by atoms with van der Waals surface area (Å²) >= 11 is 0. The van der Waals surface area contributed by atoms with Crippen molar-refractivity contribution < 1.29 is 9.84 Å². The number of anilines is 1. The zero-order chi connectivity index (χ0) is 10.2. The molecule has 0 amide bonds. The number of aliphatic hydroxyl groups excluding tert-OH is 1. The highest BCUT2D eigenvalue weighted by molar-refractivity contribution is 5.34. The molecule has 0 spiro atoms. The summed E-state index contributed by atoms with van der Waals surface area (Å²) in [7, 11) is 0. The van der Waals surface area contributed by atoms with Gasteiger partial charge < -0.3 is 15.2 Å². The molecular weight excluding hydrogens is 182 g/mol. The van der Waals surface area contributed by atoms with Crippen molar-refractivity contribution in [3.8, 4) is 0 Å². The van der Waals surface area contributed by atoms with E-state index in [2.05, 4.69) is 15.3 Å². The van der Waals surface area contributed by atoms with Crippen LogP contribution in [0.5, 0.6) is 0 Å². The van der Waals surface area contributed by atoms with Gasteiger partial charge in [0.15, 0.2) is 0 Å². The second-order valence-electron chi connectivity index (χ2n) is 2.68. The van der Waals surface area contributed by atoms with Crippen molar-refractivity contribution in [2.75, 3.05) is 25.1 Å². The monoisotopic (exact) mass is 197 g/mol. The Hall–Kier alpha value is -1.20. The van der Waals surface area contributed by atoms with Gasteiger partial charge in [0.05, 0.1) is 18.9 Å². The molecule has 0 fully saturated rings. The predicted molar refractivity (Wildman–Crippen MR) is 52.9 cm³/mol. The van der Waals surface area contributed by atoms with Crippen molar-refractivity contribution in [1.29, 1.82) is 0 Å². The average Bonchev–Trinajstić information content (AvgIpc) is 2.24. The van der Waals surface area contributed by atoms with Gasteiger partial charge in [0.1, 0.15) is 12.1 Å². The normalized spacial score (nSPS) is 10.1. The first-order valence-corrected chi connectivity index (χ1v) is 4.60. The maximum Gasteiger partial charge on any atom is 0.129 e. The lowest BCUT2D eigenvalue weighted by Crippen LogP contribution is -2.08. The van der Waals surface area contributed by atoms with E-state index in [-0.39, 0.29) is 6.61 Å². The lowest BCUT2D eigenvalue weighted by atomic mass is 10.4. The molecule has 14 heavy (non-hydrogen) atoms. The number of aromatic nitrogens is 2. The molecule has 1 rings (SSSR count). The van der Waals surface area contributed by atoms with Gasteiger partial charge in [-0.3, -0.25) is 0 Å². The number of rotatable bonds is 6.